The average Bonchev–Trinajstić information content (AvgIpc) is 3.16. The van der Waals surface area contributed by atoms with Crippen LogP contribution in [0.25, 0.3) is 0 Å². The Balaban J connectivity index is 4.14. The summed E-state index contributed by atoms with van der Waals surface area (Å²) in [4.78, 5) is 25.1. The lowest BCUT2D eigenvalue weighted by Crippen LogP contribution is -2.37. The molecule has 0 aliphatic carbocycles. The van der Waals surface area contributed by atoms with E-state index in [1.54, 1.807) is 0 Å². The molecule has 0 bridgehead atoms. The number of hydrogen-bond acceptors (Lipinski definition) is 7. The van der Waals surface area contributed by atoms with Gasteiger partial charge in [0.05, 0.1) is 34.4 Å². The summed E-state index contributed by atoms with van der Waals surface area (Å²) < 4.78 is 34.7. The Hall–Kier alpha value is -0.760. The number of carbonyl (C=O) groups is 1. The number of ether oxygens (including phenoxy) is 2. The Morgan fingerprint density at radius 3 is 1.33 bits per heavy atom. The number of phosphoric acid groups is 1. The van der Waals surface area contributed by atoms with Crippen molar-refractivity contribution in [1.29, 1.82) is 0 Å². The molecule has 57 heavy (non-hydrogen) atoms. The van der Waals surface area contributed by atoms with Crippen LogP contribution < -0.4 is 4.89 Å². The van der Waals surface area contributed by atoms with Crippen LogP contribution in [-0.4, -0.2) is 70.7 Å². The van der Waals surface area contributed by atoms with Crippen LogP contribution in [0.4, 0.5) is 0 Å². The van der Waals surface area contributed by atoms with Crippen molar-refractivity contribution in [2.75, 3.05) is 54.1 Å². The minimum absolute atomic E-state index is 0.0293. The third-order valence-electron chi connectivity index (χ3n) is 10.8. The first-order chi connectivity index (χ1) is 27.6. The van der Waals surface area contributed by atoms with Gasteiger partial charge in [0.25, 0.3) is 7.82 Å². The molecule has 9 heteroatoms. The highest BCUT2D eigenvalue weighted by molar-refractivity contribution is 7.45. The summed E-state index contributed by atoms with van der Waals surface area (Å²) in [7, 11) is 1.37. The first-order valence-electron chi connectivity index (χ1n) is 24.4. The second-order valence-corrected chi connectivity index (χ2v) is 19.2. The van der Waals surface area contributed by atoms with Gasteiger partial charge in [0.1, 0.15) is 19.3 Å². The molecule has 0 saturated heterocycles. The van der Waals surface area contributed by atoms with E-state index in [9.17, 15) is 14.3 Å². The zero-order chi connectivity index (χ0) is 42.0. The van der Waals surface area contributed by atoms with E-state index >= 15 is 0 Å². The number of unbranched alkanes of at least 4 members (excludes halogenated alkanes) is 30. The fraction of sp³-hybridized carbons (Fsp3) is 0.938. The van der Waals surface area contributed by atoms with E-state index in [4.69, 9.17) is 18.5 Å². The van der Waals surface area contributed by atoms with Crippen molar-refractivity contribution < 1.29 is 37.3 Å². The smallest absolute Gasteiger partial charge is 0.306 e. The van der Waals surface area contributed by atoms with Crippen molar-refractivity contribution >= 4 is 13.8 Å². The molecular formula is C48H96NO7P. The number of quaternary nitrogens is 1. The van der Waals surface area contributed by atoms with Crippen LogP contribution in [0, 0.1) is 0 Å². The number of allylic oxidation sites excluding steroid dienone is 2. The number of hydrogen-bond donors (Lipinski definition) is 0. The molecule has 2 unspecified atom stereocenters. The Bertz CT molecular complexity index is 925. The molecule has 0 rings (SSSR count). The molecule has 0 radical (unpaired) electrons. The van der Waals surface area contributed by atoms with Crippen molar-refractivity contribution in [3.8, 4) is 0 Å². The molecule has 0 aliphatic heterocycles. The second-order valence-electron chi connectivity index (χ2n) is 17.8. The minimum Gasteiger partial charge on any atom is -0.756 e. The molecular weight excluding hydrogens is 734 g/mol. The van der Waals surface area contributed by atoms with E-state index in [1.165, 1.54) is 180 Å². The van der Waals surface area contributed by atoms with Crippen molar-refractivity contribution in [2.45, 2.75) is 238 Å². The number of carbonyl (C=O) groups excluding carboxylic acids is 1. The van der Waals surface area contributed by atoms with Crippen LogP contribution >= 0.6 is 7.82 Å². The van der Waals surface area contributed by atoms with Gasteiger partial charge in [0.15, 0.2) is 0 Å². The lowest BCUT2D eigenvalue weighted by atomic mass is 10.0. The predicted octanol–water partition coefficient (Wildman–Crippen LogP) is 14.0. The van der Waals surface area contributed by atoms with Crippen LogP contribution in [-0.2, 0) is 27.9 Å². The fourth-order valence-corrected chi connectivity index (χ4v) is 7.74. The van der Waals surface area contributed by atoms with E-state index in [0.29, 0.717) is 24.1 Å². The summed E-state index contributed by atoms with van der Waals surface area (Å²) in [5.74, 6) is -0.331. The summed E-state index contributed by atoms with van der Waals surface area (Å²) in [6, 6.07) is 0. The number of phosphoric ester groups is 1. The number of nitrogens with zero attached hydrogens (tertiary/aromatic N) is 1. The van der Waals surface area contributed by atoms with Crippen LogP contribution in [0.15, 0.2) is 12.2 Å². The molecule has 0 aromatic heterocycles. The van der Waals surface area contributed by atoms with Crippen molar-refractivity contribution in [1.82, 2.24) is 0 Å². The normalized spacial score (nSPS) is 13.7. The van der Waals surface area contributed by atoms with Crippen molar-refractivity contribution in [3.05, 3.63) is 12.2 Å². The maximum absolute atomic E-state index is 12.7. The van der Waals surface area contributed by atoms with Gasteiger partial charge in [-0.15, -0.1) is 0 Å². The Kier molecular flexibility index (Phi) is 41.4. The molecule has 340 valence electrons. The Labute approximate surface area is 354 Å². The van der Waals surface area contributed by atoms with Gasteiger partial charge in [-0.05, 0) is 38.5 Å². The highest BCUT2D eigenvalue weighted by Crippen LogP contribution is 2.38. The second kappa shape index (κ2) is 42.0. The lowest BCUT2D eigenvalue weighted by Gasteiger charge is -2.28. The maximum atomic E-state index is 12.7. The van der Waals surface area contributed by atoms with E-state index in [-0.39, 0.29) is 25.8 Å². The van der Waals surface area contributed by atoms with E-state index in [2.05, 4.69) is 26.0 Å². The van der Waals surface area contributed by atoms with Gasteiger partial charge in [0.2, 0.25) is 0 Å². The molecule has 0 saturated carbocycles. The van der Waals surface area contributed by atoms with E-state index < -0.39 is 13.9 Å². The van der Waals surface area contributed by atoms with Crippen LogP contribution in [0.3, 0.4) is 0 Å². The third kappa shape index (κ3) is 46.2. The van der Waals surface area contributed by atoms with Gasteiger partial charge in [-0.2, -0.15) is 0 Å². The zero-order valence-electron chi connectivity index (χ0n) is 38.6. The molecule has 2 atom stereocenters. The largest absolute Gasteiger partial charge is 0.756 e. The minimum atomic E-state index is -4.52. The van der Waals surface area contributed by atoms with Gasteiger partial charge in [-0.1, -0.05) is 199 Å². The van der Waals surface area contributed by atoms with Gasteiger partial charge >= 0.3 is 5.97 Å². The SMILES string of the molecule is CCCCCCCC/C=C\CCCCCCCCCCCC(=O)OC(COCCCCCCCCCCCCCCCCCC)COP(=O)([O-])OCC[N+](C)(C)C. The summed E-state index contributed by atoms with van der Waals surface area (Å²) >= 11 is 0. The van der Waals surface area contributed by atoms with E-state index in [0.717, 1.165) is 32.1 Å². The maximum Gasteiger partial charge on any atom is 0.306 e. The van der Waals surface area contributed by atoms with Crippen molar-refractivity contribution in [2.24, 2.45) is 0 Å². The summed E-state index contributed by atoms with van der Waals surface area (Å²) in [5, 5.41) is 0. The number of likely N-dealkylation sites (N-methyl/N-ethyl adjacent to an activating group) is 1. The van der Waals surface area contributed by atoms with Gasteiger partial charge in [-0.25, -0.2) is 0 Å². The molecule has 0 aromatic carbocycles. The molecule has 0 spiro atoms. The average molecular weight is 830 g/mol. The highest BCUT2D eigenvalue weighted by atomic mass is 31.2. The first kappa shape index (κ1) is 56.2. The Morgan fingerprint density at radius 2 is 0.912 bits per heavy atom. The van der Waals surface area contributed by atoms with Gasteiger partial charge in [-0.3, -0.25) is 9.36 Å². The van der Waals surface area contributed by atoms with E-state index in [1.807, 2.05) is 21.1 Å². The Morgan fingerprint density at radius 1 is 0.526 bits per heavy atom. The first-order valence-corrected chi connectivity index (χ1v) is 25.9. The van der Waals surface area contributed by atoms with Crippen molar-refractivity contribution in [3.63, 3.8) is 0 Å². The number of rotatable bonds is 46. The topological polar surface area (TPSA) is 94.1 Å². The monoisotopic (exact) mass is 830 g/mol. The fourth-order valence-electron chi connectivity index (χ4n) is 7.01. The van der Waals surface area contributed by atoms with Crippen LogP contribution in [0.1, 0.15) is 232 Å². The zero-order valence-corrected chi connectivity index (χ0v) is 39.5. The number of esters is 1. The predicted molar refractivity (Wildman–Crippen MR) is 241 cm³/mol. The summed E-state index contributed by atoms with van der Waals surface area (Å²) in [5.41, 5.74) is 0. The third-order valence-corrected chi connectivity index (χ3v) is 11.8. The molecule has 0 aliphatic rings. The molecule has 0 N–H and O–H groups in total. The van der Waals surface area contributed by atoms with Crippen LogP contribution in [0.5, 0.6) is 0 Å². The summed E-state index contributed by atoms with van der Waals surface area (Å²) in [6.07, 6.45) is 46.5. The summed E-state index contributed by atoms with van der Waals surface area (Å²) in [6.45, 7) is 5.46. The lowest BCUT2D eigenvalue weighted by molar-refractivity contribution is -0.870. The molecule has 0 aromatic rings. The molecule has 0 heterocycles. The quantitative estimate of drug-likeness (QED) is 0.0198. The van der Waals surface area contributed by atoms with Gasteiger partial charge in [0, 0.05) is 13.0 Å². The van der Waals surface area contributed by atoms with Gasteiger partial charge < -0.3 is 27.9 Å². The van der Waals surface area contributed by atoms with Crippen LogP contribution in [0.2, 0.25) is 0 Å². The molecule has 0 amide bonds. The molecule has 0 fully saturated rings. The standard InChI is InChI=1S/C48H96NO7P/c1-6-8-10-12-14-16-18-20-22-24-25-26-27-29-31-33-35-37-39-41-48(50)56-47(46-55-57(51,52)54-44-42-49(3,4)5)45-53-43-40-38-36-34-32-30-28-23-21-19-17-15-13-11-9-7-2/h20,22,47H,6-19,21,23-46H2,1-5H3/b22-20-. The highest BCUT2D eigenvalue weighted by Gasteiger charge is 2.20. The molecule has 8 nitrogen and oxygen atoms in total.